The van der Waals surface area contributed by atoms with Crippen LogP contribution in [0.1, 0.15) is 17.7 Å². The van der Waals surface area contributed by atoms with Crippen LogP contribution in [0.25, 0.3) is 33.0 Å². The highest BCUT2D eigenvalue weighted by molar-refractivity contribution is 7.13. The van der Waals surface area contributed by atoms with E-state index in [9.17, 15) is 9.18 Å². The molecule has 1 aliphatic heterocycles. The standard InChI is InChI=1S/C24H20FN3O2S/c1-14-13-31-23(27-14)19-11-18(17-10-16(25)5-6-21(17)30-2)22-20-12-26-8-7-15(20)4-3-9-28(22)24(19)29/h5-8,10-13H,3-4,9H2,1-2H3. The van der Waals surface area contributed by atoms with Gasteiger partial charge in [-0.2, -0.15) is 0 Å². The lowest BCUT2D eigenvalue weighted by Gasteiger charge is -2.19. The van der Waals surface area contributed by atoms with Gasteiger partial charge < -0.3 is 9.30 Å². The van der Waals surface area contributed by atoms with Crippen LogP contribution in [0.3, 0.4) is 0 Å². The van der Waals surface area contributed by atoms with Gasteiger partial charge in [-0.15, -0.1) is 11.3 Å². The van der Waals surface area contributed by atoms with Gasteiger partial charge in [-0.1, -0.05) is 0 Å². The second kappa shape index (κ2) is 7.74. The molecule has 7 heteroatoms. The molecular weight excluding hydrogens is 413 g/mol. The molecule has 1 aromatic carbocycles. The summed E-state index contributed by atoms with van der Waals surface area (Å²) >= 11 is 1.43. The molecular formula is C24H20FN3O2S. The summed E-state index contributed by atoms with van der Waals surface area (Å²) < 4.78 is 21.7. The second-order valence-corrected chi connectivity index (χ2v) is 8.41. The van der Waals surface area contributed by atoms with Crippen molar-refractivity contribution >= 4 is 11.3 Å². The summed E-state index contributed by atoms with van der Waals surface area (Å²) in [4.78, 5) is 22.5. The average molecular weight is 434 g/mol. The number of methoxy groups -OCH3 is 1. The monoisotopic (exact) mass is 433 g/mol. The van der Waals surface area contributed by atoms with Crippen LogP contribution in [0, 0.1) is 12.7 Å². The summed E-state index contributed by atoms with van der Waals surface area (Å²) in [5.74, 6) is 0.172. The van der Waals surface area contributed by atoms with Crippen LogP contribution in [0.4, 0.5) is 4.39 Å². The smallest absolute Gasteiger partial charge is 0.261 e. The Morgan fingerprint density at radius 3 is 2.77 bits per heavy atom. The molecule has 1 aliphatic rings. The number of fused-ring (bicyclic) bond motifs is 3. The van der Waals surface area contributed by atoms with Gasteiger partial charge in [0.15, 0.2) is 0 Å². The van der Waals surface area contributed by atoms with Crippen molar-refractivity contribution in [2.45, 2.75) is 26.3 Å². The molecule has 0 fully saturated rings. The van der Waals surface area contributed by atoms with Crippen LogP contribution in [-0.2, 0) is 13.0 Å². The van der Waals surface area contributed by atoms with Crippen LogP contribution in [0.2, 0.25) is 0 Å². The zero-order valence-corrected chi connectivity index (χ0v) is 18.0. The van der Waals surface area contributed by atoms with E-state index in [1.807, 2.05) is 24.4 Å². The number of halogens is 1. The lowest BCUT2D eigenvalue weighted by atomic mass is 9.95. The summed E-state index contributed by atoms with van der Waals surface area (Å²) in [6, 6.07) is 8.25. The van der Waals surface area contributed by atoms with Gasteiger partial charge in [0.1, 0.15) is 16.6 Å². The van der Waals surface area contributed by atoms with Gasteiger partial charge in [0.25, 0.3) is 5.56 Å². The molecule has 0 spiro atoms. The van der Waals surface area contributed by atoms with Crippen LogP contribution < -0.4 is 10.3 Å². The maximum Gasteiger partial charge on any atom is 0.261 e. The van der Waals surface area contributed by atoms with E-state index in [0.29, 0.717) is 28.4 Å². The molecule has 5 nitrogen and oxygen atoms in total. The Hall–Kier alpha value is -3.32. The maximum atomic E-state index is 14.3. The first-order chi connectivity index (χ1) is 15.1. The van der Waals surface area contributed by atoms with Gasteiger partial charge in [-0.05, 0) is 55.7 Å². The number of rotatable bonds is 3. The molecule has 31 heavy (non-hydrogen) atoms. The normalized spacial score (nSPS) is 12.7. The SMILES string of the molecule is COc1ccc(F)cc1-c1cc(-c2nc(C)cs2)c(=O)n2c1-c1cnccc1CCC2. The Morgan fingerprint density at radius 1 is 1.13 bits per heavy atom. The largest absolute Gasteiger partial charge is 0.496 e. The molecule has 0 unspecified atom stereocenters. The van der Waals surface area contributed by atoms with Crippen LogP contribution in [0.5, 0.6) is 5.75 Å². The predicted octanol–water partition coefficient (Wildman–Crippen LogP) is 5.10. The Bertz CT molecular complexity index is 1360. The molecule has 5 rings (SSSR count). The predicted molar refractivity (Wildman–Crippen MR) is 120 cm³/mol. The summed E-state index contributed by atoms with van der Waals surface area (Å²) in [5.41, 5.74) is 5.35. The highest BCUT2D eigenvalue weighted by atomic mass is 32.1. The van der Waals surface area contributed by atoms with Gasteiger partial charge in [-0.3, -0.25) is 9.78 Å². The molecule has 4 heterocycles. The van der Waals surface area contributed by atoms with Crippen molar-refractivity contribution in [3.8, 4) is 38.7 Å². The van der Waals surface area contributed by atoms with Crippen LogP contribution in [-0.4, -0.2) is 21.6 Å². The molecule has 0 atom stereocenters. The Labute approximate surface area is 182 Å². The number of aromatic nitrogens is 3. The van der Waals surface area contributed by atoms with Crippen molar-refractivity contribution in [2.24, 2.45) is 0 Å². The number of nitrogens with zero attached hydrogens (tertiary/aromatic N) is 3. The number of hydrogen-bond donors (Lipinski definition) is 0. The maximum absolute atomic E-state index is 14.3. The molecule has 4 aromatic rings. The van der Waals surface area contributed by atoms with Crippen molar-refractivity contribution in [1.29, 1.82) is 0 Å². The van der Waals surface area contributed by atoms with E-state index in [4.69, 9.17) is 4.74 Å². The van der Waals surface area contributed by atoms with E-state index < -0.39 is 0 Å². The third-order valence-corrected chi connectivity index (χ3v) is 6.58. The van der Waals surface area contributed by atoms with Crippen molar-refractivity contribution in [3.63, 3.8) is 0 Å². The fourth-order valence-corrected chi connectivity index (χ4v) is 4.98. The molecule has 3 aromatic heterocycles. The van der Waals surface area contributed by atoms with Gasteiger partial charge in [0, 0.05) is 46.7 Å². The fourth-order valence-electron chi connectivity index (χ4n) is 4.18. The number of benzene rings is 1. The molecule has 0 radical (unpaired) electrons. The topological polar surface area (TPSA) is 57.0 Å². The second-order valence-electron chi connectivity index (χ2n) is 7.55. The molecule has 156 valence electrons. The van der Waals surface area contributed by atoms with E-state index in [1.165, 1.54) is 23.5 Å². The minimum atomic E-state index is -0.368. The minimum absolute atomic E-state index is 0.0971. The first kappa shape index (κ1) is 19.6. The van der Waals surface area contributed by atoms with E-state index in [2.05, 4.69) is 9.97 Å². The summed E-state index contributed by atoms with van der Waals surface area (Å²) in [5, 5.41) is 2.58. The number of hydrogen-bond acceptors (Lipinski definition) is 5. The third-order valence-electron chi connectivity index (χ3n) is 5.58. The van der Waals surface area contributed by atoms with E-state index >= 15 is 0 Å². The molecule has 0 saturated heterocycles. The summed E-state index contributed by atoms with van der Waals surface area (Å²) in [6.07, 6.45) is 5.21. The quantitative estimate of drug-likeness (QED) is 0.451. The Morgan fingerprint density at radius 2 is 2.00 bits per heavy atom. The number of pyridine rings is 2. The van der Waals surface area contributed by atoms with Gasteiger partial charge in [-0.25, -0.2) is 9.37 Å². The fraction of sp³-hybridized carbons (Fsp3) is 0.208. The highest BCUT2D eigenvalue weighted by Gasteiger charge is 2.25. The van der Waals surface area contributed by atoms with Crippen LogP contribution >= 0.6 is 11.3 Å². The van der Waals surface area contributed by atoms with Crippen molar-refractivity contribution in [1.82, 2.24) is 14.5 Å². The number of ether oxygens (including phenoxy) is 1. The zero-order valence-electron chi connectivity index (χ0n) is 17.2. The van der Waals surface area contributed by atoms with E-state index in [-0.39, 0.29) is 11.4 Å². The van der Waals surface area contributed by atoms with E-state index in [1.54, 1.807) is 30.1 Å². The Balaban J connectivity index is 1.92. The molecule has 0 aliphatic carbocycles. The number of aryl methyl sites for hydroxylation is 2. The molecule has 0 amide bonds. The summed E-state index contributed by atoms with van der Waals surface area (Å²) in [6.45, 7) is 2.46. The highest BCUT2D eigenvalue weighted by Crippen LogP contribution is 2.41. The summed E-state index contributed by atoms with van der Waals surface area (Å²) in [7, 11) is 1.56. The zero-order chi connectivity index (χ0) is 21.5. The molecule has 0 N–H and O–H groups in total. The Kier molecular flexibility index (Phi) is 4.90. The van der Waals surface area contributed by atoms with Crippen LogP contribution in [0.15, 0.2) is 52.9 Å². The first-order valence-electron chi connectivity index (χ1n) is 10.0. The molecule has 0 saturated carbocycles. The first-order valence-corrected chi connectivity index (χ1v) is 10.9. The van der Waals surface area contributed by atoms with Gasteiger partial charge >= 0.3 is 0 Å². The van der Waals surface area contributed by atoms with Gasteiger partial charge in [0.2, 0.25) is 0 Å². The number of thiazole rings is 1. The lowest BCUT2D eigenvalue weighted by Crippen LogP contribution is -2.24. The van der Waals surface area contributed by atoms with Gasteiger partial charge in [0.05, 0.1) is 18.4 Å². The molecule has 0 bridgehead atoms. The van der Waals surface area contributed by atoms with Crippen molar-refractivity contribution in [3.05, 3.63) is 75.5 Å². The van der Waals surface area contributed by atoms with Crippen molar-refractivity contribution < 1.29 is 9.13 Å². The van der Waals surface area contributed by atoms with Crippen molar-refractivity contribution in [2.75, 3.05) is 7.11 Å². The third kappa shape index (κ3) is 3.35. The lowest BCUT2D eigenvalue weighted by molar-refractivity contribution is 0.415. The van der Waals surface area contributed by atoms with E-state index in [0.717, 1.165) is 40.9 Å². The average Bonchev–Trinajstić information content (AvgIpc) is 3.10. The minimum Gasteiger partial charge on any atom is -0.496 e.